The Labute approximate surface area is 104 Å². The Balaban J connectivity index is 0.000000293. The van der Waals surface area contributed by atoms with E-state index in [0.717, 1.165) is 0 Å². The van der Waals surface area contributed by atoms with Crippen LogP contribution in [0.3, 0.4) is 0 Å². The van der Waals surface area contributed by atoms with Gasteiger partial charge in [0.05, 0.1) is 0 Å². The van der Waals surface area contributed by atoms with E-state index in [4.69, 9.17) is 17.0 Å². The van der Waals surface area contributed by atoms with Gasteiger partial charge in [-0.2, -0.15) is 0 Å². The van der Waals surface area contributed by atoms with Gasteiger partial charge in [0, 0.05) is 5.41 Å². The third kappa shape index (κ3) is 2.95. The Morgan fingerprint density at radius 1 is 1.14 bits per heavy atom. The Hall–Kier alpha value is 0.423. The molecular weight excluding hydrogens is 294 g/mol. The zero-order chi connectivity index (χ0) is 10.6. The van der Waals surface area contributed by atoms with Gasteiger partial charge in [-0.25, -0.2) is 0 Å². The van der Waals surface area contributed by atoms with E-state index in [1.807, 2.05) is 0 Å². The summed E-state index contributed by atoms with van der Waals surface area (Å²) in [6, 6.07) is 8.56. The molecule has 0 unspecified atom stereocenters. The first kappa shape index (κ1) is 12.5. The van der Waals surface area contributed by atoms with Gasteiger partial charge in [0.2, 0.25) is 0 Å². The number of hydrogen-bond donors (Lipinski definition) is 0. The summed E-state index contributed by atoms with van der Waals surface area (Å²) in [6.07, 6.45) is 4.47. The first-order chi connectivity index (χ1) is 6.61. The van der Waals surface area contributed by atoms with E-state index in [1.54, 1.807) is 0 Å². The van der Waals surface area contributed by atoms with Crippen LogP contribution in [0.2, 0.25) is 0 Å². The van der Waals surface area contributed by atoms with Crippen LogP contribution in [-0.4, -0.2) is 0 Å². The molecule has 0 N–H and O–H groups in total. The van der Waals surface area contributed by atoms with Crippen LogP contribution in [0.5, 0.6) is 0 Å². The second kappa shape index (κ2) is 5.49. The second-order valence-corrected chi connectivity index (χ2v) is 7.45. The van der Waals surface area contributed by atoms with Crippen molar-refractivity contribution in [1.29, 1.82) is 0 Å². The summed E-state index contributed by atoms with van der Waals surface area (Å²) in [4.78, 5) is 0. The maximum atomic E-state index is 4.93. The zero-order valence-electron chi connectivity index (χ0n) is 8.22. The average molecular weight is 306 g/mol. The standard InChI is InChI=1S/C11H12.2ClH.Zr/c1-11(2)8-7-9-5-3-4-6-10(9)11;;;/h3-8H,1-2H3;2*1H;/q;;;+2/p-2. The molecule has 1 aromatic carbocycles. The minimum atomic E-state index is -0.826. The molecule has 0 bridgehead atoms. The minimum absolute atomic E-state index is 0.247. The molecule has 0 spiro atoms. The molecule has 2 rings (SSSR count). The summed E-state index contributed by atoms with van der Waals surface area (Å²) < 4.78 is 0. The van der Waals surface area contributed by atoms with E-state index in [0.29, 0.717) is 0 Å². The predicted octanol–water partition coefficient (Wildman–Crippen LogP) is 4.37. The summed E-state index contributed by atoms with van der Waals surface area (Å²) in [5.41, 5.74) is 3.06. The first-order valence-electron chi connectivity index (χ1n) is 4.37. The molecule has 0 atom stereocenters. The number of allylic oxidation sites excluding steroid dienone is 1. The predicted molar refractivity (Wildman–Crippen MR) is 60.2 cm³/mol. The van der Waals surface area contributed by atoms with E-state index >= 15 is 0 Å². The molecule has 0 fully saturated rings. The summed E-state index contributed by atoms with van der Waals surface area (Å²) in [6.45, 7) is 4.49. The normalized spacial score (nSPS) is 15.4. The molecule has 0 amide bonds. The SMILES string of the molecule is CC1(C)C=Cc2ccccc21.[Cl][Zr][Cl]. The van der Waals surface area contributed by atoms with Crippen LogP contribution in [0.25, 0.3) is 6.08 Å². The topological polar surface area (TPSA) is 0 Å². The van der Waals surface area contributed by atoms with Crippen LogP contribution in [-0.2, 0) is 26.3 Å². The van der Waals surface area contributed by atoms with Crippen LogP contribution in [0.1, 0.15) is 25.0 Å². The van der Waals surface area contributed by atoms with E-state index in [1.165, 1.54) is 11.1 Å². The summed E-state index contributed by atoms with van der Waals surface area (Å²) >= 11 is -0.826. The van der Waals surface area contributed by atoms with Gasteiger partial charge in [-0.3, -0.25) is 0 Å². The molecule has 1 aliphatic rings. The van der Waals surface area contributed by atoms with E-state index in [9.17, 15) is 0 Å². The van der Waals surface area contributed by atoms with Crippen molar-refractivity contribution >= 4 is 23.1 Å². The molecule has 14 heavy (non-hydrogen) atoms. The number of rotatable bonds is 0. The van der Waals surface area contributed by atoms with Crippen molar-refractivity contribution in [3.63, 3.8) is 0 Å². The molecule has 3 heteroatoms. The van der Waals surface area contributed by atoms with E-state index in [2.05, 4.69) is 50.3 Å². The van der Waals surface area contributed by atoms with Gasteiger partial charge in [-0.05, 0) is 11.1 Å². The van der Waals surface area contributed by atoms with Crippen LogP contribution in [0.4, 0.5) is 0 Å². The van der Waals surface area contributed by atoms with Crippen LogP contribution >= 0.6 is 17.0 Å². The van der Waals surface area contributed by atoms with Crippen molar-refractivity contribution in [2.24, 2.45) is 0 Å². The molecule has 1 aliphatic carbocycles. The number of hydrogen-bond acceptors (Lipinski definition) is 0. The molecule has 0 aromatic heterocycles. The third-order valence-corrected chi connectivity index (χ3v) is 2.33. The molecule has 74 valence electrons. The molecule has 0 radical (unpaired) electrons. The summed E-state index contributed by atoms with van der Waals surface area (Å²) in [5, 5.41) is 0. The molecule has 0 heterocycles. The average Bonchev–Trinajstić information content (AvgIpc) is 2.45. The quantitative estimate of drug-likeness (QED) is 0.668. The number of halogens is 2. The molecule has 1 aromatic rings. The van der Waals surface area contributed by atoms with Gasteiger partial charge in [-0.15, -0.1) is 0 Å². The molecule has 0 aliphatic heterocycles. The number of benzene rings is 1. The van der Waals surface area contributed by atoms with Crippen molar-refractivity contribution in [2.45, 2.75) is 19.3 Å². The molecular formula is C11H12Cl2Zr. The van der Waals surface area contributed by atoms with E-state index < -0.39 is 20.8 Å². The van der Waals surface area contributed by atoms with Crippen LogP contribution in [0.15, 0.2) is 30.3 Å². The Bertz CT molecular complexity index is 332. The molecule has 0 saturated heterocycles. The zero-order valence-corrected chi connectivity index (χ0v) is 12.2. The van der Waals surface area contributed by atoms with Crippen molar-refractivity contribution in [1.82, 2.24) is 0 Å². The van der Waals surface area contributed by atoms with Crippen molar-refractivity contribution in [2.75, 3.05) is 0 Å². The van der Waals surface area contributed by atoms with Gasteiger partial charge < -0.3 is 0 Å². The Morgan fingerprint density at radius 2 is 1.71 bits per heavy atom. The first-order valence-corrected chi connectivity index (χ1v) is 10.7. The summed E-state index contributed by atoms with van der Waals surface area (Å²) in [5.74, 6) is 0. The van der Waals surface area contributed by atoms with Gasteiger partial charge in [0.25, 0.3) is 0 Å². The third-order valence-electron chi connectivity index (χ3n) is 2.33. The van der Waals surface area contributed by atoms with Gasteiger partial charge in [0.15, 0.2) is 0 Å². The second-order valence-electron chi connectivity index (χ2n) is 3.71. The molecule has 0 saturated carbocycles. The van der Waals surface area contributed by atoms with Crippen LogP contribution in [0, 0.1) is 0 Å². The van der Waals surface area contributed by atoms with Crippen LogP contribution < -0.4 is 0 Å². The fourth-order valence-corrected chi connectivity index (χ4v) is 1.62. The van der Waals surface area contributed by atoms with Gasteiger partial charge >= 0.3 is 37.9 Å². The maximum absolute atomic E-state index is 4.93. The monoisotopic (exact) mass is 304 g/mol. The van der Waals surface area contributed by atoms with Crippen molar-refractivity contribution in [3.8, 4) is 0 Å². The van der Waals surface area contributed by atoms with Crippen molar-refractivity contribution < 1.29 is 20.8 Å². The van der Waals surface area contributed by atoms with E-state index in [-0.39, 0.29) is 5.41 Å². The fraction of sp³-hybridized carbons (Fsp3) is 0.273. The fourth-order valence-electron chi connectivity index (χ4n) is 1.62. The number of fused-ring (bicyclic) bond motifs is 1. The summed E-state index contributed by atoms with van der Waals surface area (Å²) in [7, 11) is 9.87. The van der Waals surface area contributed by atoms with Gasteiger partial charge in [0.1, 0.15) is 0 Å². The molecule has 0 nitrogen and oxygen atoms in total. The Kier molecular flexibility index (Phi) is 4.90. The van der Waals surface area contributed by atoms with Crippen molar-refractivity contribution in [3.05, 3.63) is 41.5 Å². The Morgan fingerprint density at radius 3 is 2.29 bits per heavy atom. The van der Waals surface area contributed by atoms with Gasteiger partial charge in [-0.1, -0.05) is 50.3 Å².